The Kier molecular flexibility index (Phi) is 4.38. The second-order valence-electron chi connectivity index (χ2n) is 4.63. The van der Waals surface area contributed by atoms with Crippen LogP contribution in [0.4, 0.5) is 5.69 Å². The van der Waals surface area contributed by atoms with Crippen LogP contribution in [0, 0.1) is 17.2 Å². The van der Waals surface area contributed by atoms with Gasteiger partial charge in [0.2, 0.25) is 5.91 Å². The molecule has 1 amide bonds. The third kappa shape index (κ3) is 3.11. The van der Waals surface area contributed by atoms with Crippen molar-refractivity contribution in [1.82, 2.24) is 0 Å². The van der Waals surface area contributed by atoms with Crippen molar-refractivity contribution in [1.29, 1.82) is 5.26 Å². The first-order chi connectivity index (χ1) is 8.70. The van der Waals surface area contributed by atoms with Gasteiger partial charge in [-0.25, -0.2) is 0 Å². The van der Waals surface area contributed by atoms with E-state index in [1.807, 2.05) is 6.07 Å². The van der Waals surface area contributed by atoms with Crippen molar-refractivity contribution in [2.45, 2.75) is 32.1 Å². The van der Waals surface area contributed by atoms with E-state index in [9.17, 15) is 4.79 Å². The Balaban J connectivity index is 2.09. The predicted octanol–water partition coefficient (Wildman–Crippen LogP) is 3.84. The number of hydrogen-bond donors (Lipinski definition) is 1. The van der Waals surface area contributed by atoms with Crippen LogP contribution in [0.25, 0.3) is 0 Å². The number of nitrogens with zero attached hydrogens (tertiary/aromatic N) is 1. The van der Waals surface area contributed by atoms with Crippen LogP contribution in [0.5, 0.6) is 0 Å². The number of carbonyl (C=O) groups is 1. The molecule has 1 N–H and O–H groups in total. The van der Waals surface area contributed by atoms with E-state index in [4.69, 9.17) is 5.26 Å². The molecule has 2 rings (SSSR count). The molecule has 4 heteroatoms. The lowest BCUT2D eigenvalue weighted by molar-refractivity contribution is -0.120. The molecule has 1 aliphatic carbocycles. The van der Waals surface area contributed by atoms with Gasteiger partial charge in [-0.2, -0.15) is 5.26 Å². The highest BCUT2D eigenvalue weighted by Crippen LogP contribution is 2.26. The third-order valence-corrected chi connectivity index (χ3v) is 3.83. The molecule has 0 radical (unpaired) electrons. The van der Waals surface area contributed by atoms with Crippen molar-refractivity contribution in [3.8, 4) is 6.07 Å². The highest BCUT2D eigenvalue weighted by molar-refractivity contribution is 9.10. The summed E-state index contributed by atoms with van der Waals surface area (Å²) >= 11 is 3.32. The molecule has 18 heavy (non-hydrogen) atoms. The van der Waals surface area contributed by atoms with E-state index in [1.165, 1.54) is 6.42 Å². The second-order valence-corrected chi connectivity index (χ2v) is 5.54. The Morgan fingerprint density at radius 3 is 2.72 bits per heavy atom. The number of halogens is 1. The fourth-order valence-electron chi connectivity index (χ4n) is 2.32. The number of rotatable bonds is 2. The first-order valence-electron chi connectivity index (χ1n) is 6.21. The van der Waals surface area contributed by atoms with Crippen molar-refractivity contribution >= 4 is 27.5 Å². The highest BCUT2D eigenvalue weighted by Gasteiger charge is 2.21. The zero-order chi connectivity index (χ0) is 13.0. The molecule has 1 aromatic carbocycles. The maximum absolute atomic E-state index is 12.1. The fraction of sp³-hybridized carbons (Fsp3) is 0.429. The second kappa shape index (κ2) is 6.01. The lowest BCUT2D eigenvalue weighted by Crippen LogP contribution is -2.25. The normalized spacial score (nSPS) is 16.0. The smallest absolute Gasteiger partial charge is 0.227 e. The van der Waals surface area contributed by atoms with Gasteiger partial charge in [0.05, 0.1) is 11.3 Å². The highest BCUT2D eigenvalue weighted by atomic mass is 79.9. The van der Waals surface area contributed by atoms with E-state index in [1.54, 1.807) is 12.1 Å². The summed E-state index contributed by atoms with van der Waals surface area (Å²) in [4.78, 5) is 12.1. The lowest BCUT2D eigenvalue weighted by Gasteiger charge is -2.21. The molecule has 0 aromatic heterocycles. The van der Waals surface area contributed by atoms with Crippen LogP contribution in [-0.4, -0.2) is 5.91 Å². The standard InChI is InChI=1S/C14H15BrN2O/c15-12-6-7-13(11(8-12)9-16)17-14(18)10-4-2-1-3-5-10/h6-8,10H,1-5H2,(H,17,18). The van der Waals surface area contributed by atoms with Crippen LogP contribution < -0.4 is 5.32 Å². The molecule has 0 aliphatic heterocycles. The average Bonchev–Trinajstić information content (AvgIpc) is 2.41. The van der Waals surface area contributed by atoms with Crippen molar-refractivity contribution in [3.05, 3.63) is 28.2 Å². The Hall–Kier alpha value is -1.34. The van der Waals surface area contributed by atoms with Gasteiger partial charge in [0.1, 0.15) is 6.07 Å². The summed E-state index contributed by atoms with van der Waals surface area (Å²) in [5.74, 6) is 0.155. The molecular weight excluding hydrogens is 292 g/mol. The van der Waals surface area contributed by atoms with Gasteiger partial charge in [0.25, 0.3) is 0 Å². The molecule has 0 unspecified atom stereocenters. The zero-order valence-corrected chi connectivity index (χ0v) is 11.7. The number of hydrogen-bond acceptors (Lipinski definition) is 2. The van der Waals surface area contributed by atoms with Gasteiger partial charge >= 0.3 is 0 Å². The molecule has 0 saturated heterocycles. The maximum Gasteiger partial charge on any atom is 0.227 e. The minimum absolute atomic E-state index is 0.0496. The van der Waals surface area contributed by atoms with Gasteiger partial charge < -0.3 is 5.32 Å². The molecular formula is C14H15BrN2O. The van der Waals surface area contributed by atoms with Gasteiger partial charge in [-0.1, -0.05) is 35.2 Å². The minimum atomic E-state index is 0.0496. The number of carbonyl (C=O) groups excluding carboxylic acids is 1. The summed E-state index contributed by atoms with van der Waals surface area (Å²) in [6, 6.07) is 7.42. The van der Waals surface area contributed by atoms with E-state index in [-0.39, 0.29) is 11.8 Å². The van der Waals surface area contributed by atoms with Gasteiger partial charge in [-0.05, 0) is 31.0 Å². The number of benzene rings is 1. The Morgan fingerprint density at radius 1 is 1.33 bits per heavy atom. The SMILES string of the molecule is N#Cc1cc(Br)ccc1NC(=O)C1CCCCC1. The summed E-state index contributed by atoms with van der Waals surface area (Å²) < 4.78 is 0.842. The summed E-state index contributed by atoms with van der Waals surface area (Å²) in [6.45, 7) is 0. The first-order valence-corrected chi connectivity index (χ1v) is 7.00. The van der Waals surface area contributed by atoms with E-state index >= 15 is 0 Å². The maximum atomic E-state index is 12.1. The number of nitriles is 1. The Bertz CT molecular complexity index is 487. The molecule has 1 aliphatic rings. The van der Waals surface area contributed by atoms with Gasteiger partial charge in [0.15, 0.2) is 0 Å². The van der Waals surface area contributed by atoms with Crippen LogP contribution in [0.15, 0.2) is 22.7 Å². The average molecular weight is 307 g/mol. The molecule has 3 nitrogen and oxygen atoms in total. The number of amides is 1. The summed E-state index contributed by atoms with van der Waals surface area (Å²) in [7, 11) is 0. The van der Waals surface area contributed by atoms with Crippen molar-refractivity contribution in [2.75, 3.05) is 5.32 Å². The Morgan fingerprint density at radius 2 is 2.06 bits per heavy atom. The number of anilines is 1. The third-order valence-electron chi connectivity index (χ3n) is 3.34. The van der Waals surface area contributed by atoms with Crippen molar-refractivity contribution in [3.63, 3.8) is 0 Å². The summed E-state index contributed by atoms with van der Waals surface area (Å²) in [5.41, 5.74) is 1.10. The summed E-state index contributed by atoms with van der Waals surface area (Å²) in [6.07, 6.45) is 5.41. The summed E-state index contributed by atoms with van der Waals surface area (Å²) in [5, 5.41) is 11.9. The topological polar surface area (TPSA) is 52.9 Å². The minimum Gasteiger partial charge on any atom is -0.325 e. The van der Waals surface area contributed by atoms with Crippen LogP contribution in [0.3, 0.4) is 0 Å². The van der Waals surface area contributed by atoms with Crippen molar-refractivity contribution < 1.29 is 4.79 Å². The van der Waals surface area contributed by atoms with E-state index < -0.39 is 0 Å². The van der Waals surface area contributed by atoms with Crippen LogP contribution in [0.1, 0.15) is 37.7 Å². The van der Waals surface area contributed by atoms with Gasteiger partial charge in [-0.3, -0.25) is 4.79 Å². The molecule has 94 valence electrons. The van der Waals surface area contributed by atoms with E-state index in [0.29, 0.717) is 11.3 Å². The molecule has 0 atom stereocenters. The fourth-order valence-corrected chi connectivity index (χ4v) is 2.68. The largest absolute Gasteiger partial charge is 0.325 e. The molecule has 0 heterocycles. The molecule has 0 bridgehead atoms. The van der Waals surface area contributed by atoms with Gasteiger partial charge in [-0.15, -0.1) is 0 Å². The molecule has 0 spiro atoms. The van der Waals surface area contributed by atoms with E-state index in [2.05, 4.69) is 27.3 Å². The van der Waals surface area contributed by atoms with Crippen LogP contribution in [0.2, 0.25) is 0 Å². The van der Waals surface area contributed by atoms with Gasteiger partial charge in [0, 0.05) is 10.4 Å². The lowest BCUT2D eigenvalue weighted by atomic mass is 9.88. The quantitative estimate of drug-likeness (QED) is 0.902. The Labute approximate surface area is 115 Å². The predicted molar refractivity (Wildman–Crippen MR) is 74.1 cm³/mol. The number of nitrogens with one attached hydrogen (secondary N) is 1. The monoisotopic (exact) mass is 306 g/mol. The zero-order valence-electron chi connectivity index (χ0n) is 10.1. The molecule has 1 saturated carbocycles. The van der Waals surface area contributed by atoms with Crippen molar-refractivity contribution in [2.24, 2.45) is 5.92 Å². The molecule has 1 aromatic rings. The van der Waals surface area contributed by atoms with E-state index in [0.717, 1.165) is 30.2 Å². The van der Waals surface area contributed by atoms with Crippen LogP contribution in [-0.2, 0) is 4.79 Å². The van der Waals surface area contributed by atoms with Crippen LogP contribution >= 0.6 is 15.9 Å². The molecule has 1 fully saturated rings. The first kappa shape index (κ1) is 13.1.